The Kier molecular flexibility index (Phi) is 5.16. The minimum atomic E-state index is -0.789. The quantitative estimate of drug-likeness (QED) is 0.722. The van der Waals surface area contributed by atoms with Crippen LogP contribution >= 0.6 is 0 Å². The van der Waals surface area contributed by atoms with E-state index in [1.807, 2.05) is 20.8 Å². The Labute approximate surface area is 114 Å². The number of epoxide rings is 1. The number of aliphatic hydroxyl groups is 1. The lowest BCUT2D eigenvalue weighted by Crippen LogP contribution is -2.54. The van der Waals surface area contributed by atoms with Crippen molar-refractivity contribution in [2.45, 2.75) is 83.3 Å². The third kappa shape index (κ3) is 3.65. The lowest BCUT2D eigenvalue weighted by molar-refractivity contribution is -0.264. The van der Waals surface area contributed by atoms with Crippen LogP contribution in [0.5, 0.6) is 0 Å². The second-order valence-electron chi connectivity index (χ2n) is 4.98. The highest BCUT2D eigenvalue weighted by molar-refractivity contribution is 4.87. The fourth-order valence-electron chi connectivity index (χ4n) is 2.55. The molecule has 6 heteroatoms. The lowest BCUT2D eigenvalue weighted by atomic mass is 10.0. The Morgan fingerprint density at radius 2 is 1.89 bits per heavy atom. The molecule has 3 aliphatic heterocycles. The van der Waals surface area contributed by atoms with Gasteiger partial charge < -0.3 is 29.8 Å². The molecule has 3 heterocycles. The van der Waals surface area contributed by atoms with E-state index in [1.165, 1.54) is 0 Å². The van der Waals surface area contributed by atoms with Crippen LogP contribution in [0, 0.1) is 0 Å². The first kappa shape index (κ1) is 15.2. The van der Waals surface area contributed by atoms with E-state index >= 15 is 0 Å². The number of ether oxygens (including phenoxy) is 4. The number of hydrogen-bond acceptors (Lipinski definition) is 6. The maximum atomic E-state index is 9.41. The second kappa shape index (κ2) is 6.47. The summed E-state index contributed by atoms with van der Waals surface area (Å²) >= 11 is 0. The van der Waals surface area contributed by atoms with Crippen LogP contribution < -0.4 is 5.73 Å². The van der Waals surface area contributed by atoms with E-state index in [-0.39, 0.29) is 36.9 Å². The van der Waals surface area contributed by atoms with E-state index in [0.717, 1.165) is 12.8 Å². The van der Waals surface area contributed by atoms with E-state index < -0.39 is 6.29 Å². The molecule has 0 amide bonds. The van der Waals surface area contributed by atoms with E-state index in [9.17, 15) is 5.11 Å². The molecule has 7 atom stereocenters. The van der Waals surface area contributed by atoms with Gasteiger partial charge in [0.15, 0.2) is 18.9 Å². The molecule has 0 aliphatic carbocycles. The van der Waals surface area contributed by atoms with Gasteiger partial charge in [0.25, 0.3) is 0 Å². The molecule has 3 N–H and O–H groups in total. The molecule has 3 aliphatic rings. The Morgan fingerprint density at radius 1 is 1.16 bits per heavy atom. The average molecular weight is 275 g/mol. The van der Waals surface area contributed by atoms with Gasteiger partial charge in [-0.25, -0.2) is 0 Å². The van der Waals surface area contributed by atoms with Crippen LogP contribution in [0.15, 0.2) is 0 Å². The zero-order valence-electron chi connectivity index (χ0n) is 11.8. The summed E-state index contributed by atoms with van der Waals surface area (Å²) < 4.78 is 22.0. The molecule has 112 valence electrons. The summed E-state index contributed by atoms with van der Waals surface area (Å²) in [4.78, 5) is 0. The van der Waals surface area contributed by atoms with Crippen molar-refractivity contribution in [2.75, 3.05) is 0 Å². The molecule has 0 aromatic carbocycles. The van der Waals surface area contributed by atoms with Gasteiger partial charge in [0, 0.05) is 18.9 Å². The summed E-state index contributed by atoms with van der Waals surface area (Å²) in [7, 11) is 0. The van der Waals surface area contributed by atoms with Gasteiger partial charge in [-0.1, -0.05) is 13.8 Å². The third-order valence-corrected chi connectivity index (χ3v) is 3.55. The third-order valence-electron chi connectivity index (χ3n) is 3.55. The van der Waals surface area contributed by atoms with Crippen LogP contribution in [0.3, 0.4) is 0 Å². The standard InChI is InChI=1S/C11H19NO5.C2H6/c1-5-10(6(12)4-8(13)14-5)16-9-3-2-7-11(15-7)17-9;1-2/h5-11,13H,2-4,12H2,1H3;1-2H3. The minimum absolute atomic E-state index is 0.0876. The largest absolute Gasteiger partial charge is 0.368 e. The minimum Gasteiger partial charge on any atom is -0.368 e. The molecule has 0 aromatic heterocycles. The van der Waals surface area contributed by atoms with E-state index in [4.69, 9.17) is 24.7 Å². The van der Waals surface area contributed by atoms with Gasteiger partial charge in [-0.15, -0.1) is 0 Å². The van der Waals surface area contributed by atoms with Gasteiger partial charge >= 0.3 is 0 Å². The predicted octanol–water partition coefficient (Wildman–Crippen LogP) is 0.714. The number of rotatable bonds is 2. The van der Waals surface area contributed by atoms with E-state index in [0.29, 0.717) is 6.42 Å². The SMILES string of the molecule is CC.CC1OC(O)CC(N)C1OC1CCC2OC2O1. The predicted molar refractivity (Wildman–Crippen MR) is 68.1 cm³/mol. The van der Waals surface area contributed by atoms with E-state index in [2.05, 4.69) is 0 Å². The van der Waals surface area contributed by atoms with Crippen LogP contribution in [0.25, 0.3) is 0 Å². The molecule has 0 radical (unpaired) electrons. The number of aliphatic hydroxyl groups excluding tert-OH is 1. The Hall–Kier alpha value is -0.240. The molecule has 19 heavy (non-hydrogen) atoms. The van der Waals surface area contributed by atoms with Gasteiger partial charge in [-0.2, -0.15) is 0 Å². The van der Waals surface area contributed by atoms with Crippen molar-refractivity contribution in [2.24, 2.45) is 5.73 Å². The molecule has 0 aromatic rings. The molecule has 3 fully saturated rings. The van der Waals surface area contributed by atoms with Crippen LogP contribution in [0.4, 0.5) is 0 Å². The summed E-state index contributed by atoms with van der Waals surface area (Å²) in [6, 6.07) is -0.227. The highest BCUT2D eigenvalue weighted by atomic mass is 16.8. The van der Waals surface area contributed by atoms with Crippen molar-refractivity contribution in [1.82, 2.24) is 0 Å². The zero-order chi connectivity index (χ0) is 14.0. The number of nitrogens with two attached hydrogens (primary N) is 1. The summed E-state index contributed by atoms with van der Waals surface area (Å²) in [6.07, 6.45) is 0.841. The lowest BCUT2D eigenvalue weighted by Gasteiger charge is -2.38. The van der Waals surface area contributed by atoms with Crippen molar-refractivity contribution in [3.63, 3.8) is 0 Å². The molecule has 7 unspecified atom stereocenters. The number of hydrogen-bond donors (Lipinski definition) is 2. The summed E-state index contributed by atoms with van der Waals surface area (Å²) in [5, 5.41) is 9.41. The van der Waals surface area contributed by atoms with Crippen LogP contribution in [-0.4, -0.2) is 48.3 Å². The Balaban J connectivity index is 0.000000637. The molecule has 0 saturated carbocycles. The molecule has 6 nitrogen and oxygen atoms in total. The van der Waals surface area contributed by atoms with Gasteiger partial charge in [-0.3, -0.25) is 0 Å². The summed E-state index contributed by atoms with van der Waals surface area (Å²) in [5.41, 5.74) is 5.97. The van der Waals surface area contributed by atoms with Gasteiger partial charge in [-0.05, 0) is 13.3 Å². The smallest absolute Gasteiger partial charge is 0.187 e. The molecular formula is C13H25NO5. The van der Waals surface area contributed by atoms with Crippen molar-refractivity contribution in [3.8, 4) is 0 Å². The Bertz CT molecular complexity index is 278. The van der Waals surface area contributed by atoms with Gasteiger partial charge in [0.1, 0.15) is 12.2 Å². The van der Waals surface area contributed by atoms with Crippen molar-refractivity contribution in [3.05, 3.63) is 0 Å². The van der Waals surface area contributed by atoms with Gasteiger partial charge in [0.05, 0.1) is 6.10 Å². The maximum Gasteiger partial charge on any atom is 0.187 e. The fourth-order valence-corrected chi connectivity index (χ4v) is 2.55. The fraction of sp³-hybridized carbons (Fsp3) is 1.00. The first-order valence-corrected chi connectivity index (χ1v) is 7.19. The monoisotopic (exact) mass is 275 g/mol. The van der Waals surface area contributed by atoms with E-state index in [1.54, 1.807) is 0 Å². The average Bonchev–Trinajstić information content (AvgIpc) is 3.14. The Morgan fingerprint density at radius 3 is 2.53 bits per heavy atom. The molecule has 3 saturated heterocycles. The van der Waals surface area contributed by atoms with Crippen LogP contribution in [-0.2, 0) is 18.9 Å². The van der Waals surface area contributed by atoms with Crippen molar-refractivity contribution < 1.29 is 24.1 Å². The van der Waals surface area contributed by atoms with Crippen molar-refractivity contribution >= 4 is 0 Å². The highest BCUT2D eigenvalue weighted by Gasteiger charge is 2.47. The van der Waals surface area contributed by atoms with Crippen LogP contribution in [0.2, 0.25) is 0 Å². The molecule has 0 spiro atoms. The molecule has 3 rings (SSSR count). The normalized spacial score (nSPS) is 48.8. The second-order valence-corrected chi connectivity index (χ2v) is 4.98. The highest BCUT2D eigenvalue weighted by Crippen LogP contribution is 2.36. The molecule has 0 bridgehead atoms. The first-order valence-electron chi connectivity index (χ1n) is 7.19. The first-order chi connectivity index (χ1) is 9.13. The van der Waals surface area contributed by atoms with Gasteiger partial charge in [0.2, 0.25) is 0 Å². The van der Waals surface area contributed by atoms with Crippen molar-refractivity contribution in [1.29, 1.82) is 0 Å². The zero-order valence-corrected chi connectivity index (χ0v) is 11.8. The van der Waals surface area contributed by atoms with Crippen LogP contribution in [0.1, 0.15) is 40.0 Å². The summed E-state index contributed by atoms with van der Waals surface area (Å²) in [5.74, 6) is 0. The number of fused-ring (bicyclic) bond motifs is 1. The maximum absolute atomic E-state index is 9.41. The molecular weight excluding hydrogens is 250 g/mol. The topological polar surface area (TPSA) is 86.5 Å². The summed E-state index contributed by atoms with van der Waals surface area (Å²) in [6.45, 7) is 5.85.